The van der Waals surface area contributed by atoms with Gasteiger partial charge in [-0.2, -0.15) is 0 Å². The van der Waals surface area contributed by atoms with E-state index in [4.69, 9.17) is 10.5 Å². The third-order valence-corrected chi connectivity index (χ3v) is 4.61. The van der Waals surface area contributed by atoms with Crippen LogP contribution in [0.2, 0.25) is 0 Å². The van der Waals surface area contributed by atoms with Crippen LogP contribution in [0, 0.1) is 5.92 Å². The molecule has 2 aromatic rings. The smallest absolute Gasteiger partial charge is 0.253 e. The summed E-state index contributed by atoms with van der Waals surface area (Å²) in [5.74, 6) is 1.18. The maximum atomic E-state index is 12.6. The van der Waals surface area contributed by atoms with Crippen LogP contribution < -0.4 is 10.5 Å². The fourth-order valence-electron chi connectivity index (χ4n) is 2.97. The van der Waals surface area contributed by atoms with E-state index in [9.17, 15) is 4.79 Å². The van der Waals surface area contributed by atoms with Crippen molar-refractivity contribution >= 4 is 18.3 Å². The number of carbonyl (C=O) groups excluding carboxylic acids is 1. The zero-order valence-electron chi connectivity index (χ0n) is 14.4. The standard InChI is InChI=1S/C20H24N2O2.ClH/c1-15-13-22(12-11-19(15)21)20(23)17-7-9-18(10-8-17)24-14-16-5-3-2-4-6-16;/h2-10,15,19H,11-14,21H2,1H3;1H. The first-order valence-corrected chi connectivity index (χ1v) is 8.45. The Bertz CT molecular complexity index is 676. The molecule has 2 atom stereocenters. The Balaban J connectivity index is 0.00000225. The van der Waals surface area contributed by atoms with Crippen LogP contribution in [0.4, 0.5) is 0 Å². The van der Waals surface area contributed by atoms with Crippen LogP contribution in [-0.2, 0) is 6.61 Å². The molecule has 1 amide bonds. The molecular weight excluding hydrogens is 336 g/mol. The second-order valence-electron chi connectivity index (χ2n) is 6.48. The largest absolute Gasteiger partial charge is 0.489 e. The number of benzene rings is 2. The van der Waals surface area contributed by atoms with Gasteiger partial charge in [-0.1, -0.05) is 37.3 Å². The first-order valence-electron chi connectivity index (χ1n) is 8.45. The molecule has 1 fully saturated rings. The molecule has 0 aliphatic carbocycles. The molecule has 0 spiro atoms. The fraction of sp³-hybridized carbons (Fsp3) is 0.350. The lowest BCUT2D eigenvalue weighted by Crippen LogP contribution is -2.48. The number of likely N-dealkylation sites (tertiary alicyclic amines) is 1. The molecule has 1 aliphatic rings. The van der Waals surface area contributed by atoms with Gasteiger partial charge in [-0.25, -0.2) is 0 Å². The molecule has 1 heterocycles. The number of hydrogen-bond donors (Lipinski definition) is 1. The van der Waals surface area contributed by atoms with Crippen molar-refractivity contribution in [3.05, 3.63) is 65.7 Å². The summed E-state index contributed by atoms with van der Waals surface area (Å²) in [7, 11) is 0. The topological polar surface area (TPSA) is 55.6 Å². The molecular formula is C20H25ClN2O2. The Kier molecular flexibility index (Phi) is 6.85. The van der Waals surface area contributed by atoms with Gasteiger partial charge in [-0.15, -0.1) is 12.4 Å². The van der Waals surface area contributed by atoms with Crippen molar-refractivity contribution in [1.82, 2.24) is 4.90 Å². The molecule has 2 unspecified atom stereocenters. The van der Waals surface area contributed by atoms with Crippen LogP contribution in [0.1, 0.15) is 29.3 Å². The molecule has 0 saturated carbocycles. The number of hydrogen-bond acceptors (Lipinski definition) is 3. The Morgan fingerprint density at radius 1 is 1.16 bits per heavy atom. The summed E-state index contributed by atoms with van der Waals surface area (Å²) in [5, 5.41) is 0. The molecule has 2 aromatic carbocycles. The SMILES string of the molecule is CC1CN(C(=O)c2ccc(OCc3ccccc3)cc2)CCC1N.Cl. The minimum atomic E-state index is 0. The van der Waals surface area contributed by atoms with Crippen LogP contribution in [0.3, 0.4) is 0 Å². The highest BCUT2D eigenvalue weighted by Gasteiger charge is 2.26. The number of ether oxygens (including phenoxy) is 1. The number of halogens is 1. The Morgan fingerprint density at radius 2 is 1.84 bits per heavy atom. The predicted molar refractivity (Wildman–Crippen MR) is 102 cm³/mol. The minimum absolute atomic E-state index is 0. The van der Waals surface area contributed by atoms with Gasteiger partial charge in [0.15, 0.2) is 0 Å². The lowest BCUT2D eigenvalue weighted by Gasteiger charge is -2.35. The summed E-state index contributed by atoms with van der Waals surface area (Å²) in [5.41, 5.74) is 7.85. The quantitative estimate of drug-likeness (QED) is 0.907. The average molecular weight is 361 g/mol. The molecule has 3 rings (SSSR count). The van der Waals surface area contributed by atoms with Crippen molar-refractivity contribution in [2.24, 2.45) is 11.7 Å². The number of rotatable bonds is 4. The number of carbonyl (C=O) groups is 1. The first kappa shape index (κ1) is 19.3. The van der Waals surface area contributed by atoms with Crippen molar-refractivity contribution in [2.45, 2.75) is 26.0 Å². The normalized spacial score (nSPS) is 19.8. The second kappa shape index (κ2) is 8.88. The molecule has 0 aromatic heterocycles. The number of nitrogens with two attached hydrogens (primary N) is 1. The highest BCUT2D eigenvalue weighted by Crippen LogP contribution is 2.19. The van der Waals surface area contributed by atoms with Crippen LogP contribution in [0.25, 0.3) is 0 Å². The van der Waals surface area contributed by atoms with E-state index in [1.54, 1.807) is 0 Å². The summed E-state index contributed by atoms with van der Waals surface area (Å²) < 4.78 is 5.76. The number of piperidine rings is 1. The molecule has 25 heavy (non-hydrogen) atoms. The van der Waals surface area contributed by atoms with Crippen LogP contribution >= 0.6 is 12.4 Å². The molecule has 5 heteroatoms. The van der Waals surface area contributed by atoms with E-state index < -0.39 is 0 Å². The average Bonchev–Trinajstić information content (AvgIpc) is 2.63. The Hall–Kier alpha value is -2.04. The zero-order valence-corrected chi connectivity index (χ0v) is 15.2. The van der Waals surface area contributed by atoms with Gasteiger partial charge in [-0.05, 0) is 42.2 Å². The van der Waals surface area contributed by atoms with Crippen molar-refractivity contribution in [3.8, 4) is 5.75 Å². The monoisotopic (exact) mass is 360 g/mol. The summed E-state index contributed by atoms with van der Waals surface area (Å²) in [4.78, 5) is 14.5. The van der Waals surface area contributed by atoms with E-state index in [0.717, 1.165) is 30.8 Å². The molecule has 134 valence electrons. The van der Waals surface area contributed by atoms with Gasteiger partial charge in [0, 0.05) is 24.7 Å². The molecule has 1 aliphatic heterocycles. The van der Waals surface area contributed by atoms with Gasteiger partial charge < -0.3 is 15.4 Å². The van der Waals surface area contributed by atoms with E-state index in [0.29, 0.717) is 18.1 Å². The maximum absolute atomic E-state index is 12.6. The number of nitrogens with zero attached hydrogens (tertiary/aromatic N) is 1. The van der Waals surface area contributed by atoms with E-state index in [1.165, 1.54) is 0 Å². The van der Waals surface area contributed by atoms with Crippen molar-refractivity contribution in [1.29, 1.82) is 0 Å². The summed E-state index contributed by atoms with van der Waals surface area (Å²) in [6, 6.07) is 17.6. The van der Waals surface area contributed by atoms with Crippen LogP contribution in [0.5, 0.6) is 5.75 Å². The maximum Gasteiger partial charge on any atom is 0.253 e. The van der Waals surface area contributed by atoms with Gasteiger partial charge in [0.2, 0.25) is 0 Å². The molecule has 0 radical (unpaired) electrons. The summed E-state index contributed by atoms with van der Waals surface area (Å²) >= 11 is 0. The highest BCUT2D eigenvalue weighted by atomic mass is 35.5. The third kappa shape index (κ3) is 4.97. The first-order chi connectivity index (χ1) is 11.6. The summed E-state index contributed by atoms with van der Waals surface area (Å²) in [6.45, 7) is 4.09. The lowest BCUT2D eigenvalue weighted by molar-refractivity contribution is 0.0664. The van der Waals surface area contributed by atoms with Crippen LogP contribution in [0.15, 0.2) is 54.6 Å². The number of amides is 1. The van der Waals surface area contributed by atoms with E-state index in [-0.39, 0.29) is 24.4 Å². The fourth-order valence-corrected chi connectivity index (χ4v) is 2.97. The molecule has 0 bridgehead atoms. The van der Waals surface area contributed by atoms with E-state index in [2.05, 4.69) is 6.92 Å². The predicted octanol–water partition coefficient (Wildman–Crippen LogP) is 3.50. The molecule has 4 nitrogen and oxygen atoms in total. The van der Waals surface area contributed by atoms with Gasteiger partial charge in [0.05, 0.1) is 0 Å². The van der Waals surface area contributed by atoms with Crippen LogP contribution in [-0.4, -0.2) is 29.9 Å². The third-order valence-electron chi connectivity index (χ3n) is 4.61. The lowest BCUT2D eigenvalue weighted by atomic mass is 9.94. The van der Waals surface area contributed by atoms with Gasteiger partial charge in [0.1, 0.15) is 12.4 Å². The van der Waals surface area contributed by atoms with Crippen molar-refractivity contribution in [3.63, 3.8) is 0 Å². The summed E-state index contributed by atoms with van der Waals surface area (Å²) in [6.07, 6.45) is 0.866. The molecule has 1 saturated heterocycles. The van der Waals surface area contributed by atoms with Gasteiger partial charge in [-0.3, -0.25) is 4.79 Å². The van der Waals surface area contributed by atoms with E-state index >= 15 is 0 Å². The second-order valence-corrected chi connectivity index (χ2v) is 6.48. The molecule has 2 N–H and O–H groups in total. The van der Waals surface area contributed by atoms with Crippen molar-refractivity contribution < 1.29 is 9.53 Å². The van der Waals surface area contributed by atoms with Gasteiger partial charge >= 0.3 is 0 Å². The van der Waals surface area contributed by atoms with Gasteiger partial charge in [0.25, 0.3) is 5.91 Å². The van der Waals surface area contributed by atoms with Crippen molar-refractivity contribution in [2.75, 3.05) is 13.1 Å². The Labute approximate surface area is 155 Å². The zero-order chi connectivity index (χ0) is 16.9. The Morgan fingerprint density at radius 3 is 2.48 bits per heavy atom. The minimum Gasteiger partial charge on any atom is -0.489 e. The van der Waals surface area contributed by atoms with E-state index in [1.807, 2.05) is 59.5 Å². The highest BCUT2D eigenvalue weighted by molar-refractivity contribution is 5.94.